The summed E-state index contributed by atoms with van der Waals surface area (Å²) in [7, 11) is 0. The molecule has 3 rings (SSSR count). The summed E-state index contributed by atoms with van der Waals surface area (Å²) < 4.78 is 2.73. The Morgan fingerprint density at radius 3 is 2.45 bits per heavy atom. The summed E-state index contributed by atoms with van der Waals surface area (Å²) in [6.07, 6.45) is 0. The first kappa shape index (κ1) is 20.7. The van der Waals surface area contributed by atoms with Gasteiger partial charge in [0.1, 0.15) is 12.1 Å². The number of fused-ring (bicyclic) bond motifs is 1. The minimum absolute atomic E-state index is 0.0674. The second kappa shape index (κ2) is 8.16. The first-order valence-electron chi connectivity index (χ1n) is 9.44. The number of aromatic nitrogens is 4. The number of rotatable bonds is 7. The monoisotopic (exact) mass is 416 g/mol. The van der Waals surface area contributed by atoms with Crippen molar-refractivity contribution >= 4 is 34.3 Å². The molecule has 154 valence electrons. The van der Waals surface area contributed by atoms with Crippen LogP contribution in [0.3, 0.4) is 0 Å². The molecule has 0 fully saturated rings. The van der Waals surface area contributed by atoms with Crippen molar-refractivity contribution in [3.63, 3.8) is 0 Å². The molecule has 0 saturated heterocycles. The highest BCUT2D eigenvalue weighted by atomic mass is 32.1. The fourth-order valence-corrected chi connectivity index (χ4v) is 3.94. The molecule has 9 nitrogen and oxygen atoms in total. The van der Waals surface area contributed by atoms with Gasteiger partial charge in [0.15, 0.2) is 17.2 Å². The van der Waals surface area contributed by atoms with Gasteiger partial charge >= 0.3 is 5.69 Å². The number of imidazole rings is 1. The van der Waals surface area contributed by atoms with Crippen LogP contribution in [0.15, 0.2) is 22.3 Å². The normalized spacial score (nSPS) is 11.3. The van der Waals surface area contributed by atoms with Gasteiger partial charge in [0.25, 0.3) is 5.91 Å². The number of nitrogens with zero attached hydrogens (tertiary/aromatic N) is 5. The molecule has 10 heteroatoms. The van der Waals surface area contributed by atoms with E-state index in [1.54, 1.807) is 4.90 Å². The second-order valence-electron chi connectivity index (χ2n) is 6.81. The van der Waals surface area contributed by atoms with Crippen molar-refractivity contribution in [2.24, 2.45) is 5.73 Å². The van der Waals surface area contributed by atoms with Crippen molar-refractivity contribution in [2.75, 3.05) is 13.1 Å². The molecule has 2 amide bonds. The quantitative estimate of drug-likeness (QED) is 0.631. The van der Waals surface area contributed by atoms with E-state index in [1.807, 2.05) is 45.2 Å². The van der Waals surface area contributed by atoms with Crippen molar-refractivity contribution < 1.29 is 9.59 Å². The molecule has 0 aromatic carbocycles. The predicted molar refractivity (Wildman–Crippen MR) is 112 cm³/mol. The van der Waals surface area contributed by atoms with Crippen LogP contribution in [0.4, 0.5) is 0 Å². The number of hydrogen-bond acceptors (Lipinski definition) is 6. The lowest BCUT2D eigenvalue weighted by Gasteiger charge is -2.18. The third-order valence-corrected chi connectivity index (χ3v) is 5.57. The van der Waals surface area contributed by atoms with E-state index in [-0.39, 0.29) is 29.7 Å². The molecular weight excluding hydrogens is 392 g/mol. The number of amides is 2. The Bertz CT molecular complexity index is 1110. The highest BCUT2D eigenvalue weighted by Gasteiger charge is 2.26. The minimum Gasteiger partial charge on any atom is -0.364 e. The third kappa shape index (κ3) is 3.67. The summed E-state index contributed by atoms with van der Waals surface area (Å²) in [4.78, 5) is 49.4. The van der Waals surface area contributed by atoms with Crippen molar-refractivity contribution in [1.82, 2.24) is 24.0 Å². The number of thiophene rings is 1. The lowest BCUT2D eigenvalue weighted by atomic mass is 10.3. The highest BCUT2D eigenvalue weighted by molar-refractivity contribution is 7.13. The van der Waals surface area contributed by atoms with E-state index in [1.165, 1.54) is 20.5 Å². The van der Waals surface area contributed by atoms with Crippen LogP contribution in [-0.4, -0.2) is 48.9 Å². The van der Waals surface area contributed by atoms with Gasteiger partial charge in [-0.1, -0.05) is 6.07 Å². The van der Waals surface area contributed by atoms with E-state index in [9.17, 15) is 14.4 Å². The van der Waals surface area contributed by atoms with Crippen molar-refractivity contribution in [1.29, 1.82) is 0 Å². The Balaban J connectivity index is 2.32. The lowest BCUT2D eigenvalue weighted by molar-refractivity contribution is -0.131. The van der Waals surface area contributed by atoms with Gasteiger partial charge in [0.2, 0.25) is 5.91 Å². The van der Waals surface area contributed by atoms with Crippen LogP contribution in [-0.2, 0) is 11.3 Å². The maximum Gasteiger partial charge on any atom is 0.331 e. The van der Waals surface area contributed by atoms with Gasteiger partial charge in [-0.3, -0.25) is 18.7 Å². The Kier molecular flexibility index (Phi) is 5.83. The summed E-state index contributed by atoms with van der Waals surface area (Å²) in [6, 6.07) is 3.44. The minimum atomic E-state index is -0.778. The Labute approximate surface area is 171 Å². The maximum absolute atomic E-state index is 13.2. The standard InChI is InChI=1S/C19H24N6O3S/c1-5-23(6-2)13(26)10-24-15-14(16(20)27)21-17(12-8-7-9-29-12)22-18(15)25(11(3)4)19(24)28/h7-9,11H,5-6,10H2,1-4H3,(H2,20,27). The van der Waals surface area contributed by atoms with Gasteiger partial charge in [-0.25, -0.2) is 14.8 Å². The summed E-state index contributed by atoms with van der Waals surface area (Å²) in [5, 5.41) is 1.87. The van der Waals surface area contributed by atoms with E-state index >= 15 is 0 Å². The molecular formula is C19H24N6O3S. The maximum atomic E-state index is 13.2. The molecule has 0 saturated carbocycles. The Morgan fingerprint density at radius 2 is 1.93 bits per heavy atom. The first-order chi connectivity index (χ1) is 13.8. The molecule has 0 aliphatic rings. The second-order valence-corrected chi connectivity index (χ2v) is 7.76. The zero-order valence-corrected chi connectivity index (χ0v) is 17.7. The van der Waals surface area contributed by atoms with Gasteiger partial charge < -0.3 is 10.6 Å². The molecule has 29 heavy (non-hydrogen) atoms. The van der Waals surface area contributed by atoms with E-state index in [0.29, 0.717) is 24.6 Å². The zero-order chi connectivity index (χ0) is 21.3. The van der Waals surface area contributed by atoms with Crippen molar-refractivity contribution in [3.8, 4) is 10.7 Å². The van der Waals surface area contributed by atoms with Crippen molar-refractivity contribution in [3.05, 3.63) is 33.7 Å². The first-order valence-corrected chi connectivity index (χ1v) is 10.3. The van der Waals surface area contributed by atoms with Crippen LogP contribution < -0.4 is 11.4 Å². The molecule has 0 aliphatic heterocycles. The van der Waals surface area contributed by atoms with E-state index in [4.69, 9.17) is 5.73 Å². The number of carbonyl (C=O) groups is 2. The number of likely N-dealkylation sites (N-methyl/N-ethyl adjacent to an activating group) is 1. The smallest absolute Gasteiger partial charge is 0.331 e. The van der Waals surface area contributed by atoms with Crippen LogP contribution >= 0.6 is 11.3 Å². The van der Waals surface area contributed by atoms with Crippen LogP contribution in [0.5, 0.6) is 0 Å². The SMILES string of the molecule is CCN(CC)C(=O)Cn1c(=O)n(C(C)C)c2nc(-c3cccs3)nc(C(N)=O)c21. The number of hydrogen-bond donors (Lipinski definition) is 1. The molecule has 0 atom stereocenters. The molecule has 2 N–H and O–H groups in total. The summed E-state index contributed by atoms with van der Waals surface area (Å²) >= 11 is 1.42. The van der Waals surface area contributed by atoms with Crippen LogP contribution in [0, 0.1) is 0 Å². The molecule has 0 unspecified atom stereocenters. The summed E-state index contributed by atoms with van der Waals surface area (Å²) in [5.41, 5.74) is 5.60. The molecule has 3 aromatic rings. The number of carbonyl (C=O) groups excluding carboxylic acids is 2. The van der Waals surface area contributed by atoms with E-state index < -0.39 is 11.6 Å². The van der Waals surface area contributed by atoms with Gasteiger partial charge in [-0.15, -0.1) is 11.3 Å². The van der Waals surface area contributed by atoms with Crippen molar-refractivity contribution in [2.45, 2.75) is 40.3 Å². The highest BCUT2D eigenvalue weighted by Crippen LogP contribution is 2.26. The molecule has 0 bridgehead atoms. The average molecular weight is 417 g/mol. The summed E-state index contributed by atoms with van der Waals surface area (Å²) in [6.45, 7) is 8.25. The molecule has 3 aromatic heterocycles. The van der Waals surface area contributed by atoms with Crippen LogP contribution in [0.2, 0.25) is 0 Å². The Hall–Kier alpha value is -3.01. The predicted octanol–water partition coefficient (Wildman–Crippen LogP) is 1.87. The fraction of sp³-hybridized carbons (Fsp3) is 0.421. The zero-order valence-electron chi connectivity index (χ0n) is 16.9. The molecule has 0 radical (unpaired) electrons. The van der Waals surface area contributed by atoms with Gasteiger partial charge in [0.05, 0.1) is 4.88 Å². The Morgan fingerprint density at radius 1 is 1.24 bits per heavy atom. The van der Waals surface area contributed by atoms with Gasteiger partial charge in [-0.05, 0) is 39.1 Å². The summed E-state index contributed by atoms with van der Waals surface area (Å²) in [5.74, 6) is -0.680. The average Bonchev–Trinajstić information content (AvgIpc) is 3.29. The van der Waals surface area contributed by atoms with Crippen LogP contribution in [0.25, 0.3) is 21.9 Å². The molecule has 0 aliphatic carbocycles. The van der Waals surface area contributed by atoms with Gasteiger partial charge in [0, 0.05) is 19.1 Å². The lowest BCUT2D eigenvalue weighted by Crippen LogP contribution is -2.37. The van der Waals surface area contributed by atoms with Crippen LogP contribution in [0.1, 0.15) is 44.2 Å². The van der Waals surface area contributed by atoms with E-state index in [0.717, 1.165) is 4.88 Å². The van der Waals surface area contributed by atoms with E-state index in [2.05, 4.69) is 9.97 Å². The third-order valence-electron chi connectivity index (χ3n) is 4.70. The molecule has 0 spiro atoms. The topological polar surface area (TPSA) is 116 Å². The number of primary amides is 1. The fourth-order valence-electron chi connectivity index (χ4n) is 3.29. The largest absolute Gasteiger partial charge is 0.364 e. The van der Waals surface area contributed by atoms with Gasteiger partial charge in [-0.2, -0.15) is 0 Å². The molecule has 3 heterocycles. The number of nitrogens with two attached hydrogens (primary N) is 1.